The minimum absolute atomic E-state index is 0.268. The van der Waals surface area contributed by atoms with Gasteiger partial charge in [0.1, 0.15) is 0 Å². The van der Waals surface area contributed by atoms with Crippen molar-refractivity contribution >= 4 is 45.6 Å². The van der Waals surface area contributed by atoms with Crippen LogP contribution in [-0.4, -0.2) is 21.8 Å². The Kier molecular flexibility index (Phi) is 6.07. The van der Waals surface area contributed by atoms with Gasteiger partial charge in [-0.25, -0.2) is 9.66 Å². The van der Waals surface area contributed by atoms with Crippen molar-refractivity contribution in [2.45, 2.75) is 0 Å². The highest BCUT2D eigenvalue weighted by Crippen LogP contribution is 2.21. The molecule has 0 aliphatic rings. The minimum Gasteiger partial charge on any atom is -0.290 e. The van der Waals surface area contributed by atoms with Gasteiger partial charge in [-0.1, -0.05) is 70.0 Å². The molecule has 0 saturated carbocycles. The number of amides is 1. The van der Waals surface area contributed by atoms with E-state index in [9.17, 15) is 4.79 Å². The topological polar surface area (TPSA) is 59.3 Å². The van der Waals surface area contributed by atoms with Crippen molar-refractivity contribution in [1.29, 1.82) is 0 Å². The van der Waals surface area contributed by atoms with Crippen LogP contribution in [0.5, 0.6) is 0 Å². The molecule has 0 bridgehead atoms. The minimum atomic E-state index is -0.268. The summed E-state index contributed by atoms with van der Waals surface area (Å²) in [5, 5.41) is 7.98. The zero-order chi connectivity index (χ0) is 20.9. The summed E-state index contributed by atoms with van der Waals surface area (Å²) in [6.07, 6.45) is 3.46. The number of hydrogen-bond acceptors (Lipinski definition) is 3. The van der Waals surface area contributed by atoms with Crippen LogP contribution in [0.1, 0.15) is 15.9 Å². The molecular formula is C23H16BrClN4O. The van der Waals surface area contributed by atoms with Crippen LogP contribution in [0.3, 0.4) is 0 Å². The third-order valence-electron chi connectivity index (χ3n) is 4.29. The molecule has 0 spiro atoms. The van der Waals surface area contributed by atoms with E-state index in [2.05, 4.69) is 31.3 Å². The molecule has 3 aromatic carbocycles. The van der Waals surface area contributed by atoms with Gasteiger partial charge in [-0.3, -0.25) is 10.1 Å². The molecule has 1 aromatic heterocycles. The van der Waals surface area contributed by atoms with Crippen LogP contribution >= 0.6 is 27.5 Å². The van der Waals surface area contributed by atoms with Crippen molar-refractivity contribution in [3.8, 4) is 11.3 Å². The number of aromatic nitrogens is 2. The summed E-state index contributed by atoms with van der Waals surface area (Å²) < 4.78 is 2.45. The van der Waals surface area contributed by atoms with Crippen molar-refractivity contribution < 1.29 is 4.79 Å². The molecule has 1 N–H and O–H groups in total. The molecule has 1 heterocycles. The number of benzene rings is 3. The highest BCUT2D eigenvalue weighted by molar-refractivity contribution is 9.10. The van der Waals surface area contributed by atoms with Gasteiger partial charge < -0.3 is 0 Å². The Morgan fingerprint density at radius 3 is 2.40 bits per heavy atom. The molecule has 4 aromatic rings. The molecule has 0 saturated heterocycles. The number of carbonyl (C=O) groups is 1. The predicted molar refractivity (Wildman–Crippen MR) is 124 cm³/mol. The number of rotatable bonds is 5. The summed E-state index contributed by atoms with van der Waals surface area (Å²) in [6, 6.07) is 24.1. The van der Waals surface area contributed by atoms with E-state index in [0.717, 1.165) is 15.6 Å². The number of imidazole rings is 1. The van der Waals surface area contributed by atoms with Crippen LogP contribution in [0.2, 0.25) is 5.02 Å². The molecule has 0 unspecified atom stereocenters. The van der Waals surface area contributed by atoms with Gasteiger partial charge in [-0.05, 0) is 42.0 Å². The summed E-state index contributed by atoms with van der Waals surface area (Å²) in [7, 11) is 0. The van der Waals surface area contributed by atoms with Gasteiger partial charge in [0.25, 0.3) is 5.91 Å². The van der Waals surface area contributed by atoms with Crippen LogP contribution < -0.4 is 5.32 Å². The Bertz CT molecular complexity index is 1190. The lowest BCUT2D eigenvalue weighted by Gasteiger charge is -2.05. The molecule has 5 nitrogen and oxygen atoms in total. The van der Waals surface area contributed by atoms with Gasteiger partial charge in [0.2, 0.25) is 5.95 Å². The zero-order valence-corrected chi connectivity index (χ0v) is 18.0. The first-order chi connectivity index (χ1) is 14.6. The molecule has 0 atom stereocenters. The molecule has 4 rings (SSSR count). The van der Waals surface area contributed by atoms with Crippen molar-refractivity contribution in [3.63, 3.8) is 0 Å². The Morgan fingerprint density at radius 2 is 1.70 bits per heavy atom. The molecule has 0 fully saturated rings. The SMILES string of the molecule is O=C(Nc1nc(-c2ccccc2)cn1N=Cc1ccc(Cl)cc1)c1ccc(Br)cc1. The average Bonchev–Trinajstić information content (AvgIpc) is 3.17. The molecule has 0 aliphatic carbocycles. The second-order valence-corrected chi connectivity index (χ2v) is 7.77. The lowest BCUT2D eigenvalue weighted by molar-refractivity contribution is 0.102. The molecular weight excluding hydrogens is 464 g/mol. The number of halogens is 2. The van der Waals surface area contributed by atoms with E-state index in [4.69, 9.17) is 11.6 Å². The standard InChI is InChI=1S/C23H16BrClN4O/c24-19-10-8-18(9-11-19)22(30)28-23-27-21(17-4-2-1-3-5-17)15-29(23)26-14-16-6-12-20(25)13-7-16/h1-15H,(H,27,28,30). The van der Waals surface area contributed by atoms with E-state index in [-0.39, 0.29) is 5.91 Å². The zero-order valence-electron chi connectivity index (χ0n) is 15.7. The van der Waals surface area contributed by atoms with E-state index in [1.807, 2.05) is 54.6 Å². The Labute approximate surface area is 187 Å². The maximum Gasteiger partial charge on any atom is 0.258 e. The molecule has 0 aliphatic heterocycles. The van der Waals surface area contributed by atoms with Crippen molar-refractivity contribution in [2.24, 2.45) is 5.10 Å². The van der Waals surface area contributed by atoms with Crippen molar-refractivity contribution in [1.82, 2.24) is 9.66 Å². The Hall–Kier alpha value is -3.22. The van der Waals surface area contributed by atoms with E-state index < -0.39 is 0 Å². The second-order valence-electron chi connectivity index (χ2n) is 6.42. The summed E-state index contributed by atoms with van der Waals surface area (Å²) in [6.45, 7) is 0. The predicted octanol–water partition coefficient (Wildman–Crippen LogP) is 6.10. The Morgan fingerprint density at radius 1 is 1.00 bits per heavy atom. The van der Waals surface area contributed by atoms with Gasteiger partial charge in [-0.2, -0.15) is 5.10 Å². The van der Waals surface area contributed by atoms with E-state index in [1.54, 1.807) is 41.4 Å². The highest BCUT2D eigenvalue weighted by atomic mass is 79.9. The van der Waals surface area contributed by atoms with E-state index in [0.29, 0.717) is 22.2 Å². The number of hydrogen-bond donors (Lipinski definition) is 1. The van der Waals surface area contributed by atoms with Crippen LogP contribution in [0.25, 0.3) is 11.3 Å². The fourth-order valence-corrected chi connectivity index (χ4v) is 3.14. The molecule has 148 valence electrons. The Balaban J connectivity index is 1.66. The van der Waals surface area contributed by atoms with Crippen molar-refractivity contribution in [3.05, 3.63) is 106 Å². The van der Waals surface area contributed by atoms with Crippen LogP contribution in [0, 0.1) is 0 Å². The lowest BCUT2D eigenvalue weighted by Crippen LogP contribution is -2.14. The first-order valence-corrected chi connectivity index (χ1v) is 10.3. The highest BCUT2D eigenvalue weighted by Gasteiger charge is 2.13. The largest absolute Gasteiger partial charge is 0.290 e. The van der Waals surface area contributed by atoms with Gasteiger partial charge in [0, 0.05) is 20.6 Å². The monoisotopic (exact) mass is 478 g/mol. The first-order valence-electron chi connectivity index (χ1n) is 9.10. The van der Waals surface area contributed by atoms with Crippen LogP contribution in [-0.2, 0) is 0 Å². The van der Waals surface area contributed by atoms with Crippen LogP contribution in [0.15, 0.2) is 94.6 Å². The van der Waals surface area contributed by atoms with Gasteiger partial charge in [0.05, 0.1) is 18.1 Å². The van der Waals surface area contributed by atoms with Crippen LogP contribution in [0.4, 0.5) is 5.95 Å². The number of anilines is 1. The third kappa shape index (κ3) is 4.84. The second kappa shape index (κ2) is 9.07. The molecule has 30 heavy (non-hydrogen) atoms. The van der Waals surface area contributed by atoms with Gasteiger partial charge >= 0.3 is 0 Å². The lowest BCUT2D eigenvalue weighted by atomic mass is 10.2. The quantitative estimate of drug-likeness (QED) is 0.352. The fourth-order valence-electron chi connectivity index (χ4n) is 2.75. The maximum absolute atomic E-state index is 12.7. The maximum atomic E-state index is 12.7. The fraction of sp³-hybridized carbons (Fsp3) is 0. The number of nitrogens with zero attached hydrogens (tertiary/aromatic N) is 3. The molecule has 0 radical (unpaired) electrons. The third-order valence-corrected chi connectivity index (χ3v) is 5.07. The van der Waals surface area contributed by atoms with E-state index in [1.165, 1.54) is 0 Å². The normalized spacial score (nSPS) is 11.0. The number of carbonyl (C=O) groups excluding carboxylic acids is 1. The summed E-state index contributed by atoms with van der Waals surface area (Å²) in [5.74, 6) is 0.0580. The first kappa shape index (κ1) is 20.1. The van der Waals surface area contributed by atoms with E-state index >= 15 is 0 Å². The van der Waals surface area contributed by atoms with Crippen molar-refractivity contribution in [2.75, 3.05) is 5.32 Å². The number of nitrogens with one attached hydrogen (secondary N) is 1. The van der Waals surface area contributed by atoms with Gasteiger partial charge in [0.15, 0.2) is 0 Å². The van der Waals surface area contributed by atoms with Gasteiger partial charge in [-0.15, -0.1) is 0 Å². The average molecular weight is 480 g/mol. The summed E-state index contributed by atoms with van der Waals surface area (Å²) >= 11 is 9.31. The molecule has 7 heteroatoms. The summed E-state index contributed by atoms with van der Waals surface area (Å²) in [5.41, 5.74) is 3.03. The molecule has 1 amide bonds. The summed E-state index contributed by atoms with van der Waals surface area (Å²) in [4.78, 5) is 17.3. The smallest absolute Gasteiger partial charge is 0.258 e.